The molecular formula is C24H25FN2O4S2. The Morgan fingerprint density at radius 3 is 2.55 bits per heavy atom. The molecule has 1 aliphatic rings. The van der Waals surface area contributed by atoms with Crippen molar-refractivity contribution in [2.24, 2.45) is 0 Å². The first-order valence-corrected chi connectivity index (χ1v) is 12.9. The topological polar surface area (TPSA) is 75.7 Å². The van der Waals surface area contributed by atoms with Gasteiger partial charge < -0.3 is 10.1 Å². The van der Waals surface area contributed by atoms with Gasteiger partial charge in [-0.1, -0.05) is 36.4 Å². The van der Waals surface area contributed by atoms with Crippen LogP contribution in [0.2, 0.25) is 0 Å². The monoisotopic (exact) mass is 488 g/mol. The van der Waals surface area contributed by atoms with Crippen LogP contribution in [-0.4, -0.2) is 31.2 Å². The highest BCUT2D eigenvalue weighted by Crippen LogP contribution is 2.30. The average Bonchev–Trinajstić information content (AvgIpc) is 3.48. The third-order valence-electron chi connectivity index (χ3n) is 5.51. The summed E-state index contributed by atoms with van der Waals surface area (Å²) in [5.74, 6) is -0.507. The maximum absolute atomic E-state index is 13.7. The molecule has 1 aromatic heterocycles. The molecule has 33 heavy (non-hydrogen) atoms. The molecule has 1 fully saturated rings. The summed E-state index contributed by atoms with van der Waals surface area (Å²) in [6.45, 7) is 2.71. The van der Waals surface area contributed by atoms with Crippen LogP contribution in [-0.2, 0) is 28.0 Å². The summed E-state index contributed by atoms with van der Waals surface area (Å²) in [5, 5.41) is 2.86. The van der Waals surface area contributed by atoms with Crippen LogP contribution in [0.1, 0.15) is 28.8 Å². The Bertz CT molecular complexity index is 1230. The lowest BCUT2D eigenvalue weighted by Crippen LogP contribution is -2.45. The van der Waals surface area contributed by atoms with Gasteiger partial charge in [-0.25, -0.2) is 12.8 Å². The highest BCUT2D eigenvalue weighted by atomic mass is 32.2. The summed E-state index contributed by atoms with van der Waals surface area (Å²) in [7, 11) is -3.68. The van der Waals surface area contributed by atoms with Crippen LogP contribution in [0.5, 0.6) is 5.75 Å². The van der Waals surface area contributed by atoms with E-state index in [4.69, 9.17) is 4.74 Å². The van der Waals surface area contributed by atoms with Gasteiger partial charge in [0.1, 0.15) is 16.9 Å². The van der Waals surface area contributed by atoms with E-state index in [1.54, 1.807) is 30.3 Å². The molecule has 2 heterocycles. The van der Waals surface area contributed by atoms with Crippen LogP contribution < -0.4 is 10.1 Å². The first-order valence-electron chi connectivity index (χ1n) is 10.7. The molecule has 1 amide bonds. The van der Waals surface area contributed by atoms with E-state index in [9.17, 15) is 17.6 Å². The average molecular weight is 489 g/mol. The molecule has 3 aromatic rings. The van der Waals surface area contributed by atoms with Gasteiger partial charge in [0, 0.05) is 18.0 Å². The third-order valence-corrected chi connectivity index (χ3v) is 8.88. The standard InChI is InChI=1S/C24H25FN2O4S2/c1-17-8-13-23(32-17)33(29,30)27-14-4-6-21(27)24(28)26-15-18-9-11-19(12-10-18)16-31-22-7-3-2-5-20(22)25/h2-3,5,7-13,21H,4,6,14-16H2,1H3,(H,26,28). The molecule has 0 bridgehead atoms. The zero-order valence-electron chi connectivity index (χ0n) is 18.2. The minimum atomic E-state index is -3.68. The summed E-state index contributed by atoms with van der Waals surface area (Å²) in [6.07, 6.45) is 1.15. The van der Waals surface area contributed by atoms with Gasteiger partial charge in [-0.2, -0.15) is 4.31 Å². The molecule has 0 radical (unpaired) electrons. The van der Waals surface area contributed by atoms with Gasteiger partial charge in [0.2, 0.25) is 5.91 Å². The second-order valence-electron chi connectivity index (χ2n) is 7.89. The number of halogens is 1. The van der Waals surface area contributed by atoms with Crippen LogP contribution in [0.3, 0.4) is 0 Å². The first kappa shape index (κ1) is 23.4. The van der Waals surface area contributed by atoms with Crippen molar-refractivity contribution in [3.8, 4) is 5.75 Å². The van der Waals surface area contributed by atoms with E-state index < -0.39 is 21.9 Å². The fourth-order valence-corrected chi connectivity index (χ4v) is 6.81. The smallest absolute Gasteiger partial charge is 0.253 e. The second-order valence-corrected chi connectivity index (χ2v) is 11.3. The third kappa shape index (κ3) is 5.43. The molecule has 9 heteroatoms. The molecule has 1 N–H and O–H groups in total. The lowest BCUT2D eigenvalue weighted by Gasteiger charge is -2.22. The Labute approximate surface area is 197 Å². The minimum absolute atomic E-state index is 0.197. The largest absolute Gasteiger partial charge is 0.486 e. The molecule has 4 rings (SSSR count). The van der Waals surface area contributed by atoms with Crippen molar-refractivity contribution < 1.29 is 22.3 Å². The normalized spacial score (nSPS) is 16.6. The highest BCUT2D eigenvalue weighted by Gasteiger charge is 2.39. The number of benzene rings is 2. The van der Waals surface area contributed by atoms with Crippen molar-refractivity contribution >= 4 is 27.3 Å². The molecule has 2 aromatic carbocycles. The summed E-state index contributed by atoms with van der Waals surface area (Å²) < 4.78 is 46.7. The number of aryl methyl sites for hydroxylation is 1. The fourth-order valence-electron chi connectivity index (χ4n) is 3.74. The molecule has 1 unspecified atom stereocenters. The van der Waals surface area contributed by atoms with Crippen molar-refractivity contribution in [2.75, 3.05) is 6.54 Å². The van der Waals surface area contributed by atoms with E-state index in [0.717, 1.165) is 16.0 Å². The number of nitrogens with zero attached hydrogens (tertiary/aromatic N) is 1. The van der Waals surface area contributed by atoms with E-state index >= 15 is 0 Å². The molecule has 6 nitrogen and oxygen atoms in total. The SMILES string of the molecule is Cc1ccc(S(=O)(=O)N2CCCC2C(=O)NCc2ccc(COc3ccccc3F)cc2)s1. The van der Waals surface area contributed by atoms with E-state index in [2.05, 4.69) is 5.32 Å². The Morgan fingerprint density at radius 2 is 1.85 bits per heavy atom. The molecule has 0 spiro atoms. The zero-order valence-corrected chi connectivity index (χ0v) is 19.8. The Balaban J connectivity index is 1.33. The lowest BCUT2D eigenvalue weighted by molar-refractivity contribution is -0.124. The number of thiophene rings is 1. The van der Waals surface area contributed by atoms with Crippen molar-refractivity contribution in [2.45, 2.75) is 43.2 Å². The number of rotatable bonds is 8. The molecule has 174 valence electrons. The molecule has 1 aliphatic heterocycles. The van der Waals surface area contributed by atoms with Crippen molar-refractivity contribution in [1.29, 1.82) is 0 Å². The summed E-state index contributed by atoms with van der Waals surface area (Å²) in [5.41, 5.74) is 1.74. The number of carbonyl (C=O) groups is 1. The van der Waals surface area contributed by atoms with Gasteiger partial charge >= 0.3 is 0 Å². The molecule has 1 atom stereocenters. The number of ether oxygens (including phenoxy) is 1. The Hall–Kier alpha value is -2.75. The van der Waals surface area contributed by atoms with Crippen molar-refractivity contribution in [3.63, 3.8) is 0 Å². The van der Waals surface area contributed by atoms with Crippen LogP contribution in [0.25, 0.3) is 0 Å². The zero-order chi connectivity index (χ0) is 23.4. The van der Waals surface area contributed by atoms with Crippen LogP contribution in [0.15, 0.2) is 64.9 Å². The fraction of sp³-hybridized carbons (Fsp3) is 0.292. The number of sulfonamides is 1. The van der Waals surface area contributed by atoms with Crippen molar-refractivity contribution in [3.05, 3.63) is 82.5 Å². The highest BCUT2D eigenvalue weighted by molar-refractivity contribution is 7.91. The predicted molar refractivity (Wildman–Crippen MR) is 125 cm³/mol. The second kappa shape index (κ2) is 10.0. The van der Waals surface area contributed by atoms with Crippen LogP contribution in [0.4, 0.5) is 4.39 Å². The van der Waals surface area contributed by atoms with Crippen LogP contribution >= 0.6 is 11.3 Å². The van der Waals surface area contributed by atoms with E-state index in [0.29, 0.717) is 19.4 Å². The van der Waals surface area contributed by atoms with Crippen LogP contribution in [0, 0.1) is 12.7 Å². The maximum Gasteiger partial charge on any atom is 0.253 e. The van der Waals surface area contributed by atoms with E-state index in [1.807, 2.05) is 31.2 Å². The summed E-state index contributed by atoms with van der Waals surface area (Å²) >= 11 is 1.22. The van der Waals surface area contributed by atoms with Gasteiger partial charge in [-0.3, -0.25) is 4.79 Å². The summed E-state index contributed by atoms with van der Waals surface area (Å²) in [6, 6.07) is 16.3. The Morgan fingerprint density at radius 1 is 1.12 bits per heavy atom. The predicted octanol–water partition coefficient (Wildman–Crippen LogP) is 4.24. The number of para-hydroxylation sites is 1. The number of carbonyl (C=O) groups excluding carboxylic acids is 1. The number of hydrogen-bond acceptors (Lipinski definition) is 5. The molecule has 0 saturated carbocycles. The van der Waals surface area contributed by atoms with E-state index in [1.165, 1.54) is 21.7 Å². The molecular weight excluding hydrogens is 463 g/mol. The number of amides is 1. The van der Waals surface area contributed by atoms with Gasteiger partial charge in [-0.15, -0.1) is 11.3 Å². The van der Waals surface area contributed by atoms with Gasteiger partial charge in [0.15, 0.2) is 11.6 Å². The van der Waals surface area contributed by atoms with Crippen molar-refractivity contribution in [1.82, 2.24) is 9.62 Å². The summed E-state index contributed by atoms with van der Waals surface area (Å²) in [4.78, 5) is 13.7. The van der Waals surface area contributed by atoms with Gasteiger partial charge in [-0.05, 0) is 55.2 Å². The van der Waals surface area contributed by atoms with Gasteiger partial charge in [0.05, 0.1) is 0 Å². The number of nitrogens with one attached hydrogen (secondary N) is 1. The maximum atomic E-state index is 13.7. The quantitative estimate of drug-likeness (QED) is 0.515. The first-order chi connectivity index (χ1) is 15.8. The molecule has 1 saturated heterocycles. The lowest BCUT2D eigenvalue weighted by atomic mass is 10.1. The Kier molecular flexibility index (Phi) is 7.11. The van der Waals surface area contributed by atoms with E-state index in [-0.39, 0.29) is 29.0 Å². The minimum Gasteiger partial charge on any atom is -0.486 e. The van der Waals surface area contributed by atoms with Gasteiger partial charge in [0.25, 0.3) is 10.0 Å². The number of hydrogen-bond donors (Lipinski definition) is 1. The molecule has 0 aliphatic carbocycles.